The van der Waals surface area contributed by atoms with E-state index in [1.54, 1.807) is 30.3 Å². The summed E-state index contributed by atoms with van der Waals surface area (Å²) in [5.74, 6) is -5.86. The van der Waals surface area contributed by atoms with Gasteiger partial charge in [0.15, 0.2) is 0 Å². The van der Waals surface area contributed by atoms with E-state index in [2.05, 4.69) is 21.3 Å². The Bertz CT molecular complexity index is 1550. The van der Waals surface area contributed by atoms with Gasteiger partial charge in [0.1, 0.15) is 24.2 Å². The zero-order valence-corrected chi connectivity index (χ0v) is 26.6. The highest BCUT2D eigenvalue weighted by atomic mass is 16.6. The molecule has 0 unspecified atom stereocenters. The molecule has 4 atom stereocenters. The molecule has 0 bridgehead atoms. The topological polar surface area (TPSA) is 254 Å². The van der Waals surface area contributed by atoms with Crippen LogP contribution in [0.2, 0.25) is 0 Å². The third-order valence-corrected chi connectivity index (χ3v) is 7.70. The minimum absolute atomic E-state index is 0.0365. The molecule has 262 valence electrons. The monoisotopic (exact) mass is 682 g/mol. The van der Waals surface area contributed by atoms with Crippen molar-refractivity contribution in [3.05, 3.63) is 70.3 Å². The van der Waals surface area contributed by atoms with Gasteiger partial charge in [-0.2, -0.15) is 0 Å². The maximum atomic E-state index is 13.9. The molecule has 49 heavy (non-hydrogen) atoms. The van der Waals surface area contributed by atoms with E-state index >= 15 is 0 Å². The molecule has 1 aliphatic heterocycles. The van der Waals surface area contributed by atoms with Crippen LogP contribution in [0.25, 0.3) is 0 Å². The molecular weight excluding hydrogens is 644 g/mol. The fourth-order valence-corrected chi connectivity index (χ4v) is 5.15. The quantitative estimate of drug-likeness (QED) is 0.101. The second kappa shape index (κ2) is 17.9. The third-order valence-electron chi connectivity index (χ3n) is 7.70. The lowest BCUT2D eigenvalue weighted by atomic mass is 10.0. The molecule has 17 nitrogen and oxygen atoms in total. The summed E-state index contributed by atoms with van der Waals surface area (Å²) in [6.07, 6.45) is -0.858. The zero-order chi connectivity index (χ0) is 36.1. The molecule has 3 rings (SSSR count). The number of amides is 5. The number of non-ortho nitro benzene ring substituents is 1. The smallest absolute Gasteiger partial charge is 0.303 e. The number of carbonyl (C=O) groups excluding carboxylic acids is 5. The molecule has 0 aromatic heterocycles. The van der Waals surface area contributed by atoms with E-state index in [1.807, 2.05) is 0 Å². The summed E-state index contributed by atoms with van der Waals surface area (Å²) >= 11 is 0. The van der Waals surface area contributed by atoms with Crippen LogP contribution in [0.5, 0.6) is 0 Å². The summed E-state index contributed by atoms with van der Waals surface area (Å²) in [6, 6.07) is 8.98. The molecule has 0 spiro atoms. The first-order valence-electron chi connectivity index (χ1n) is 15.5. The van der Waals surface area contributed by atoms with Gasteiger partial charge in [0.2, 0.25) is 29.5 Å². The summed E-state index contributed by atoms with van der Waals surface area (Å²) in [4.78, 5) is 99.5. The molecule has 0 aliphatic carbocycles. The van der Waals surface area contributed by atoms with E-state index < -0.39 is 83.4 Å². The zero-order valence-electron chi connectivity index (χ0n) is 26.6. The number of hydrogen-bond donors (Lipinski definition) is 6. The van der Waals surface area contributed by atoms with Gasteiger partial charge < -0.3 is 36.4 Å². The summed E-state index contributed by atoms with van der Waals surface area (Å²) < 4.78 is 0. The summed E-state index contributed by atoms with van der Waals surface area (Å²) in [5.41, 5.74) is 0.655. The van der Waals surface area contributed by atoms with Crippen LogP contribution in [-0.2, 0) is 40.0 Å². The van der Waals surface area contributed by atoms with Crippen molar-refractivity contribution in [3.63, 3.8) is 0 Å². The van der Waals surface area contributed by atoms with Gasteiger partial charge in [0, 0.05) is 43.6 Å². The lowest BCUT2D eigenvalue weighted by Gasteiger charge is -2.30. The number of carbonyl (C=O) groups is 7. The predicted octanol–water partition coefficient (Wildman–Crippen LogP) is 0.971. The van der Waals surface area contributed by atoms with Gasteiger partial charge >= 0.3 is 11.9 Å². The minimum Gasteiger partial charge on any atom is -0.481 e. The van der Waals surface area contributed by atoms with Gasteiger partial charge in [-0.25, -0.2) is 0 Å². The number of rotatable bonds is 17. The number of benzene rings is 2. The Balaban J connectivity index is 1.75. The van der Waals surface area contributed by atoms with Gasteiger partial charge in [-0.3, -0.25) is 43.7 Å². The van der Waals surface area contributed by atoms with Crippen molar-refractivity contribution in [2.75, 3.05) is 11.9 Å². The number of carboxylic acids is 2. The van der Waals surface area contributed by atoms with Gasteiger partial charge in [0.25, 0.3) is 5.69 Å². The van der Waals surface area contributed by atoms with E-state index in [1.165, 1.54) is 36.1 Å². The van der Waals surface area contributed by atoms with Crippen LogP contribution in [0.1, 0.15) is 51.0 Å². The molecule has 1 fully saturated rings. The molecule has 2 aromatic carbocycles. The van der Waals surface area contributed by atoms with Crippen LogP contribution >= 0.6 is 0 Å². The van der Waals surface area contributed by atoms with Gasteiger partial charge in [0.05, 0.1) is 11.3 Å². The molecule has 1 heterocycles. The Hall–Kier alpha value is -5.87. The number of hydrogen-bond acceptors (Lipinski definition) is 9. The largest absolute Gasteiger partial charge is 0.481 e. The first kappa shape index (κ1) is 37.6. The molecule has 1 saturated heterocycles. The van der Waals surface area contributed by atoms with Gasteiger partial charge in [-0.05, 0) is 43.9 Å². The maximum absolute atomic E-state index is 13.9. The van der Waals surface area contributed by atoms with Crippen molar-refractivity contribution in [3.8, 4) is 0 Å². The van der Waals surface area contributed by atoms with E-state index in [0.717, 1.165) is 0 Å². The van der Waals surface area contributed by atoms with E-state index in [-0.39, 0.29) is 43.6 Å². The van der Waals surface area contributed by atoms with Crippen molar-refractivity contribution in [1.29, 1.82) is 0 Å². The van der Waals surface area contributed by atoms with Gasteiger partial charge in [-0.15, -0.1) is 0 Å². The average Bonchev–Trinajstić information content (AvgIpc) is 3.56. The SMILES string of the molecule is C[C@H](NC(=O)CCC(=O)O)C(=O)N[C@@H](Cc1ccccc1)C(=O)N1CCC[C@H]1C(=O)N[C@@H](CCC(=O)O)C(=O)Nc1ccc([N+](=O)[O-])cc1. The van der Waals surface area contributed by atoms with Crippen molar-refractivity contribution < 1.29 is 48.7 Å². The molecule has 2 aromatic rings. The number of nitrogens with one attached hydrogen (secondary N) is 4. The third kappa shape index (κ3) is 11.7. The van der Waals surface area contributed by atoms with Crippen LogP contribution < -0.4 is 21.3 Å². The lowest BCUT2D eigenvalue weighted by Crippen LogP contribution is -2.58. The van der Waals surface area contributed by atoms with Crippen molar-refractivity contribution in [2.45, 2.75) is 76.0 Å². The van der Waals surface area contributed by atoms with Crippen molar-refractivity contribution >= 4 is 52.8 Å². The molecule has 6 N–H and O–H groups in total. The first-order chi connectivity index (χ1) is 23.2. The Morgan fingerprint density at radius 2 is 1.51 bits per heavy atom. The molecule has 17 heteroatoms. The Morgan fingerprint density at radius 1 is 0.857 bits per heavy atom. The first-order valence-corrected chi connectivity index (χ1v) is 15.5. The van der Waals surface area contributed by atoms with Crippen LogP contribution in [-0.4, -0.2) is 92.2 Å². The number of nitro benzene ring substituents is 1. The van der Waals surface area contributed by atoms with Crippen molar-refractivity contribution in [1.82, 2.24) is 20.9 Å². The average molecular weight is 683 g/mol. The highest BCUT2D eigenvalue weighted by Gasteiger charge is 2.39. The number of anilines is 1. The van der Waals surface area contributed by atoms with E-state index in [0.29, 0.717) is 12.0 Å². The predicted molar refractivity (Wildman–Crippen MR) is 172 cm³/mol. The minimum atomic E-state index is -1.33. The Morgan fingerprint density at radius 3 is 2.12 bits per heavy atom. The summed E-state index contributed by atoms with van der Waals surface area (Å²) in [6.45, 7) is 1.53. The summed E-state index contributed by atoms with van der Waals surface area (Å²) in [5, 5.41) is 39.1. The highest BCUT2D eigenvalue weighted by Crippen LogP contribution is 2.21. The van der Waals surface area contributed by atoms with Crippen molar-refractivity contribution in [2.24, 2.45) is 0 Å². The standard InChI is InChI=1S/C32H38N6O11/c1-19(33-26(39)14-16-28(42)43)29(44)36-24(18-20-6-3-2-4-7-20)32(47)37-17-5-8-25(37)31(46)35-23(13-15-27(40)41)30(45)34-21-9-11-22(12-10-21)38(48)49/h2-4,6-7,9-12,19,23-25H,5,8,13-18H2,1H3,(H,33,39)(H,34,45)(H,35,46)(H,36,44)(H,40,41)(H,42,43)/t19-,23-,24-,25-/m0/s1. The number of carboxylic acid groups (broad SMARTS) is 2. The lowest BCUT2D eigenvalue weighted by molar-refractivity contribution is -0.384. The second-order valence-electron chi connectivity index (χ2n) is 11.4. The van der Waals surface area contributed by atoms with Crippen LogP contribution in [0, 0.1) is 10.1 Å². The van der Waals surface area contributed by atoms with Gasteiger partial charge in [-0.1, -0.05) is 30.3 Å². The number of aliphatic carboxylic acids is 2. The summed E-state index contributed by atoms with van der Waals surface area (Å²) in [7, 11) is 0. The highest BCUT2D eigenvalue weighted by molar-refractivity contribution is 5.99. The van der Waals surface area contributed by atoms with Crippen LogP contribution in [0.15, 0.2) is 54.6 Å². The molecular formula is C32H38N6O11. The second-order valence-corrected chi connectivity index (χ2v) is 11.4. The fourth-order valence-electron chi connectivity index (χ4n) is 5.15. The van der Waals surface area contributed by atoms with E-state index in [4.69, 9.17) is 5.11 Å². The van der Waals surface area contributed by atoms with E-state index in [9.17, 15) is 48.8 Å². The maximum Gasteiger partial charge on any atom is 0.303 e. The molecule has 5 amide bonds. The Labute approximate surface area is 280 Å². The van der Waals surface area contributed by atoms with Crippen LogP contribution in [0.4, 0.5) is 11.4 Å². The number of likely N-dealkylation sites (tertiary alicyclic amines) is 1. The Kier molecular flexibility index (Phi) is 13.7. The number of nitrogens with zero attached hydrogens (tertiary/aromatic N) is 2. The number of nitro groups is 1. The normalized spacial score (nSPS) is 15.6. The molecule has 0 radical (unpaired) electrons. The molecule has 1 aliphatic rings. The van der Waals surface area contributed by atoms with Crippen LogP contribution in [0.3, 0.4) is 0 Å². The molecule has 0 saturated carbocycles. The fraction of sp³-hybridized carbons (Fsp3) is 0.406.